The number of nitrogens with two attached hydrogens (primary N) is 1. The highest BCUT2D eigenvalue weighted by atomic mass is 16.5. The molecule has 18 heavy (non-hydrogen) atoms. The molecule has 2 unspecified atom stereocenters. The van der Waals surface area contributed by atoms with Crippen LogP contribution in [-0.4, -0.2) is 16.6 Å². The van der Waals surface area contributed by atoms with Crippen LogP contribution >= 0.6 is 0 Å². The van der Waals surface area contributed by atoms with Crippen LogP contribution in [0, 0.1) is 25.7 Å². The molecule has 0 aliphatic heterocycles. The van der Waals surface area contributed by atoms with Crippen molar-refractivity contribution >= 4 is 5.82 Å². The highest BCUT2D eigenvalue weighted by Crippen LogP contribution is 2.27. The number of rotatable bonds is 3. The van der Waals surface area contributed by atoms with Gasteiger partial charge in [-0.05, 0) is 38.5 Å². The lowest BCUT2D eigenvalue weighted by Gasteiger charge is -2.25. The number of aromatic nitrogens is 2. The number of nitrogens with zero attached hydrogens (tertiary/aromatic N) is 2. The summed E-state index contributed by atoms with van der Waals surface area (Å²) in [4.78, 5) is 8.43. The number of allylic oxidation sites excluding steroid dienone is 2. The summed E-state index contributed by atoms with van der Waals surface area (Å²) >= 11 is 0. The van der Waals surface area contributed by atoms with E-state index in [9.17, 15) is 0 Å². The Morgan fingerprint density at radius 2 is 2.00 bits per heavy atom. The van der Waals surface area contributed by atoms with Crippen molar-refractivity contribution in [1.29, 1.82) is 0 Å². The molecule has 2 rings (SSSR count). The third-order valence-electron chi connectivity index (χ3n) is 3.60. The summed E-state index contributed by atoms with van der Waals surface area (Å²) in [5, 5.41) is 0. The van der Waals surface area contributed by atoms with Crippen LogP contribution in [0.3, 0.4) is 0 Å². The number of hydrogen-bond acceptors (Lipinski definition) is 4. The van der Waals surface area contributed by atoms with Crippen molar-refractivity contribution < 1.29 is 4.74 Å². The maximum atomic E-state index is 5.84. The molecule has 1 aliphatic carbocycles. The minimum absolute atomic E-state index is 0.508. The molecule has 2 atom stereocenters. The van der Waals surface area contributed by atoms with Crippen molar-refractivity contribution in [2.75, 3.05) is 12.3 Å². The SMILES string of the molecule is Cc1nc(N)c(C)c(OCC2CC=CCC2C)n1. The van der Waals surface area contributed by atoms with Gasteiger partial charge in [0.2, 0.25) is 5.88 Å². The molecule has 2 N–H and O–H groups in total. The van der Waals surface area contributed by atoms with E-state index in [1.165, 1.54) is 0 Å². The van der Waals surface area contributed by atoms with Crippen LogP contribution in [0.1, 0.15) is 31.2 Å². The van der Waals surface area contributed by atoms with Gasteiger partial charge in [-0.3, -0.25) is 0 Å². The van der Waals surface area contributed by atoms with Gasteiger partial charge >= 0.3 is 0 Å². The number of aryl methyl sites for hydroxylation is 1. The Hall–Kier alpha value is -1.58. The van der Waals surface area contributed by atoms with Crippen LogP contribution in [0.4, 0.5) is 5.82 Å². The Balaban J connectivity index is 2.04. The van der Waals surface area contributed by atoms with Gasteiger partial charge in [0, 0.05) is 0 Å². The Bertz CT molecular complexity index is 457. The molecule has 0 aromatic carbocycles. The van der Waals surface area contributed by atoms with E-state index < -0.39 is 0 Å². The molecule has 0 saturated heterocycles. The zero-order valence-corrected chi connectivity index (χ0v) is 11.3. The van der Waals surface area contributed by atoms with Gasteiger partial charge < -0.3 is 10.5 Å². The maximum Gasteiger partial charge on any atom is 0.221 e. The van der Waals surface area contributed by atoms with Gasteiger partial charge in [0.1, 0.15) is 11.6 Å². The summed E-state index contributed by atoms with van der Waals surface area (Å²) in [6.07, 6.45) is 6.71. The lowest BCUT2D eigenvalue weighted by Crippen LogP contribution is -2.22. The number of anilines is 1. The molecule has 4 heteroatoms. The minimum Gasteiger partial charge on any atom is -0.477 e. The molecule has 0 fully saturated rings. The second kappa shape index (κ2) is 5.38. The van der Waals surface area contributed by atoms with Crippen molar-refractivity contribution in [3.63, 3.8) is 0 Å². The van der Waals surface area contributed by atoms with Crippen molar-refractivity contribution in [2.24, 2.45) is 11.8 Å². The fourth-order valence-corrected chi connectivity index (χ4v) is 2.19. The topological polar surface area (TPSA) is 61.0 Å². The molecule has 0 spiro atoms. The molecule has 98 valence electrons. The van der Waals surface area contributed by atoms with E-state index in [4.69, 9.17) is 10.5 Å². The normalized spacial score (nSPS) is 23.1. The summed E-state index contributed by atoms with van der Waals surface area (Å²) < 4.78 is 5.84. The first-order valence-electron chi connectivity index (χ1n) is 6.46. The van der Waals surface area contributed by atoms with Crippen LogP contribution in [0.2, 0.25) is 0 Å². The average Bonchev–Trinajstić information content (AvgIpc) is 2.33. The first-order valence-corrected chi connectivity index (χ1v) is 6.46. The molecule has 4 nitrogen and oxygen atoms in total. The van der Waals surface area contributed by atoms with Crippen molar-refractivity contribution in [3.8, 4) is 5.88 Å². The number of hydrogen-bond donors (Lipinski definition) is 1. The average molecular weight is 247 g/mol. The molecule has 1 heterocycles. The molecular weight excluding hydrogens is 226 g/mol. The van der Waals surface area contributed by atoms with E-state index in [-0.39, 0.29) is 0 Å². The van der Waals surface area contributed by atoms with E-state index in [0.717, 1.165) is 18.4 Å². The Kier molecular flexibility index (Phi) is 3.84. The molecule has 0 bridgehead atoms. The lowest BCUT2D eigenvalue weighted by molar-refractivity contribution is 0.191. The molecule has 0 radical (unpaired) electrons. The highest BCUT2D eigenvalue weighted by molar-refractivity contribution is 5.44. The smallest absolute Gasteiger partial charge is 0.221 e. The maximum absolute atomic E-state index is 5.84. The van der Waals surface area contributed by atoms with Crippen LogP contribution in [0.5, 0.6) is 5.88 Å². The quantitative estimate of drug-likeness (QED) is 0.834. The third-order valence-corrected chi connectivity index (χ3v) is 3.60. The van der Waals surface area contributed by atoms with Gasteiger partial charge in [-0.1, -0.05) is 19.1 Å². The Labute approximate surface area is 108 Å². The molecule has 1 aliphatic rings. The van der Waals surface area contributed by atoms with Crippen LogP contribution < -0.4 is 10.5 Å². The molecule has 1 aromatic heterocycles. The summed E-state index contributed by atoms with van der Waals surface area (Å²) in [5.74, 6) is 3.02. The number of nitrogen functional groups attached to an aromatic ring is 1. The fourth-order valence-electron chi connectivity index (χ4n) is 2.19. The van der Waals surface area contributed by atoms with Crippen molar-refractivity contribution in [1.82, 2.24) is 9.97 Å². The van der Waals surface area contributed by atoms with Crippen LogP contribution in [0.15, 0.2) is 12.2 Å². The summed E-state index contributed by atoms with van der Waals surface area (Å²) in [6.45, 7) is 6.69. The van der Waals surface area contributed by atoms with E-state index in [2.05, 4.69) is 29.0 Å². The summed E-state index contributed by atoms with van der Waals surface area (Å²) in [7, 11) is 0. The molecule has 1 aromatic rings. The first kappa shape index (κ1) is 12.9. The Morgan fingerprint density at radius 3 is 2.72 bits per heavy atom. The fraction of sp³-hybridized carbons (Fsp3) is 0.571. The van der Waals surface area contributed by atoms with E-state index in [1.807, 2.05) is 13.8 Å². The third kappa shape index (κ3) is 2.81. The van der Waals surface area contributed by atoms with Gasteiger partial charge in [0.25, 0.3) is 0 Å². The predicted octanol–water partition coefficient (Wildman–Crippen LogP) is 2.66. The van der Waals surface area contributed by atoms with Gasteiger partial charge in [-0.25, -0.2) is 4.98 Å². The van der Waals surface area contributed by atoms with E-state index in [0.29, 0.717) is 36.0 Å². The van der Waals surface area contributed by atoms with Gasteiger partial charge in [-0.2, -0.15) is 4.98 Å². The van der Waals surface area contributed by atoms with E-state index >= 15 is 0 Å². The standard InChI is InChI=1S/C14H21N3O/c1-9-6-4-5-7-12(9)8-18-14-10(2)13(15)16-11(3)17-14/h4-5,9,12H,6-8H2,1-3H3,(H2,15,16,17). The summed E-state index contributed by atoms with van der Waals surface area (Å²) in [6, 6.07) is 0. The van der Waals surface area contributed by atoms with Crippen molar-refractivity contribution in [2.45, 2.75) is 33.6 Å². The molecule has 0 amide bonds. The molecule has 0 saturated carbocycles. The Morgan fingerprint density at radius 1 is 1.28 bits per heavy atom. The van der Waals surface area contributed by atoms with Crippen LogP contribution in [-0.2, 0) is 0 Å². The van der Waals surface area contributed by atoms with Gasteiger partial charge in [-0.15, -0.1) is 0 Å². The summed E-state index contributed by atoms with van der Waals surface area (Å²) in [5.41, 5.74) is 6.65. The monoisotopic (exact) mass is 247 g/mol. The highest BCUT2D eigenvalue weighted by Gasteiger charge is 2.19. The van der Waals surface area contributed by atoms with Gasteiger partial charge in [0.05, 0.1) is 12.2 Å². The van der Waals surface area contributed by atoms with Gasteiger partial charge in [0.15, 0.2) is 0 Å². The second-order valence-corrected chi connectivity index (χ2v) is 5.08. The largest absolute Gasteiger partial charge is 0.477 e. The lowest BCUT2D eigenvalue weighted by atomic mass is 9.85. The minimum atomic E-state index is 0.508. The zero-order chi connectivity index (χ0) is 13.1. The number of ether oxygens (including phenoxy) is 1. The van der Waals surface area contributed by atoms with E-state index in [1.54, 1.807) is 0 Å². The van der Waals surface area contributed by atoms with Crippen molar-refractivity contribution in [3.05, 3.63) is 23.5 Å². The predicted molar refractivity (Wildman–Crippen MR) is 72.4 cm³/mol. The molecular formula is C14H21N3O. The zero-order valence-electron chi connectivity index (χ0n) is 11.3. The van der Waals surface area contributed by atoms with Crippen LogP contribution in [0.25, 0.3) is 0 Å². The first-order chi connectivity index (χ1) is 8.58. The second-order valence-electron chi connectivity index (χ2n) is 5.08.